The van der Waals surface area contributed by atoms with Crippen molar-refractivity contribution in [1.82, 2.24) is 9.38 Å². The van der Waals surface area contributed by atoms with Crippen LogP contribution in [0.1, 0.15) is 37.2 Å². The molecule has 3 heterocycles. The Balaban J connectivity index is 2.11. The number of carboxylic acid groups (broad SMARTS) is 1. The van der Waals surface area contributed by atoms with E-state index in [1.807, 2.05) is 18.2 Å². The average Bonchev–Trinajstić information content (AvgIpc) is 2.76. The second kappa shape index (κ2) is 4.51. The van der Waals surface area contributed by atoms with Crippen molar-refractivity contribution >= 4 is 17.4 Å². The summed E-state index contributed by atoms with van der Waals surface area (Å²) in [7, 11) is 0. The first-order valence-electron chi connectivity index (χ1n) is 6.93. The number of anilines is 1. The van der Waals surface area contributed by atoms with E-state index in [9.17, 15) is 9.90 Å². The van der Waals surface area contributed by atoms with Crippen LogP contribution < -0.4 is 4.90 Å². The summed E-state index contributed by atoms with van der Waals surface area (Å²) in [6.45, 7) is 6.15. The van der Waals surface area contributed by atoms with Crippen molar-refractivity contribution < 1.29 is 9.90 Å². The molecule has 20 heavy (non-hydrogen) atoms. The summed E-state index contributed by atoms with van der Waals surface area (Å²) in [5, 5.41) is 9.53. The fourth-order valence-electron chi connectivity index (χ4n) is 3.01. The van der Waals surface area contributed by atoms with Gasteiger partial charge in [-0.1, -0.05) is 19.9 Å². The smallest absolute Gasteiger partial charge is 0.356 e. The zero-order chi connectivity index (χ0) is 14.3. The Morgan fingerprint density at radius 3 is 2.90 bits per heavy atom. The molecule has 2 aromatic heterocycles. The molecule has 1 saturated heterocycles. The molecule has 5 heteroatoms. The summed E-state index contributed by atoms with van der Waals surface area (Å²) in [6, 6.07) is 5.54. The van der Waals surface area contributed by atoms with Crippen LogP contribution in [0.4, 0.5) is 5.82 Å². The Labute approximate surface area is 117 Å². The largest absolute Gasteiger partial charge is 0.476 e. The van der Waals surface area contributed by atoms with Gasteiger partial charge < -0.3 is 10.0 Å². The number of carboxylic acids is 1. The molecule has 0 aliphatic carbocycles. The molecule has 0 atom stereocenters. The highest BCUT2D eigenvalue weighted by Crippen LogP contribution is 2.33. The number of hydrogen-bond acceptors (Lipinski definition) is 3. The van der Waals surface area contributed by atoms with Gasteiger partial charge in [-0.05, 0) is 30.4 Å². The van der Waals surface area contributed by atoms with E-state index >= 15 is 0 Å². The molecule has 5 nitrogen and oxygen atoms in total. The maximum absolute atomic E-state index is 11.6. The Morgan fingerprint density at radius 1 is 1.40 bits per heavy atom. The summed E-state index contributed by atoms with van der Waals surface area (Å²) in [6.07, 6.45) is 3.99. The molecule has 0 unspecified atom stereocenters. The molecule has 0 aromatic carbocycles. The van der Waals surface area contributed by atoms with Crippen LogP contribution in [0, 0.1) is 5.41 Å². The van der Waals surface area contributed by atoms with Crippen LogP contribution in [0.25, 0.3) is 5.65 Å². The highest BCUT2D eigenvalue weighted by atomic mass is 16.4. The number of carbonyl (C=O) groups is 1. The molecule has 0 radical (unpaired) electrons. The van der Waals surface area contributed by atoms with E-state index in [2.05, 4.69) is 23.7 Å². The zero-order valence-corrected chi connectivity index (χ0v) is 11.8. The number of hydrogen-bond donors (Lipinski definition) is 1. The molecule has 0 bridgehead atoms. The maximum atomic E-state index is 11.6. The van der Waals surface area contributed by atoms with Crippen LogP contribution in [0.5, 0.6) is 0 Å². The summed E-state index contributed by atoms with van der Waals surface area (Å²) in [5.74, 6) is -0.335. The fraction of sp³-hybridized carbons (Fsp3) is 0.467. The predicted octanol–water partition coefficient (Wildman–Crippen LogP) is 2.66. The number of piperidine rings is 1. The SMILES string of the molecule is CC1(C)CCCN(c2nc3ccccn3c2C(=O)O)C1. The topological polar surface area (TPSA) is 57.8 Å². The van der Waals surface area contributed by atoms with E-state index in [1.165, 1.54) is 6.42 Å². The van der Waals surface area contributed by atoms with E-state index in [4.69, 9.17) is 0 Å². The molecule has 0 amide bonds. The van der Waals surface area contributed by atoms with E-state index in [0.717, 1.165) is 19.5 Å². The fourth-order valence-corrected chi connectivity index (χ4v) is 3.01. The molecular formula is C15H19N3O2. The van der Waals surface area contributed by atoms with Crippen molar-refractivity contribution in [2.45, 2.75) is 26.7 Å². The molecule has 0 saturated carbocycles. The Hall–Kier alpha value is -2.04. The van der Waals surface area contributed by atoms with Gasteiger partial charge in [-0.2, -0.15) is 0 Å². The molecule has 3 rings (SSSR count). The van der Waals surface area contributed by atoms with Crippen molar-refractivity contribution in [3.63, 3.8) is 0 Å². The maximum Gasteiger partial charge on any atom is 0.356 e. The number of pyridine rings is 1. The number of nitrogens with zero attached hydrogens (tertiary/aromatic N) is 3. The molecule has 2 aromatic rings. The van der Waals surface area contributed by atoms with Gasteiger partial charge in [0, 0.05) is 19.3 Å². The van der Waals surface area contributed by atoms with Crippen LogP contribution in [0.2, 0.25) is 0 Å². The van der Waals surface area contributed by atoms with Gasteiger partial charge in [-0.25, -0.2) is 9.78 Å². The Bertz CT molecular complexity index is 660. The lowest BCUT2D eigenvalue weighted by Crippen LogP contribution is -2.41. The van der Waals surface area contributed by atoms with Crippen molar-refractivity contribution in [2.75, 3.05) is 18.0 Å². The number of rotatable bonds is 2. The molecule has 0 spiro atoms. The highest BCUT2D eigenvalue weighted by Gasteiger charge is 2.31. The third-order valence-corrected chi connectivity index (χ3v) is 3.91. The van der Waals surface area contributed by atoms with Gasteiger partial charge >= 0.3 is 5.97 Å². The molecule has 1 aliphatic rings. The van der Waals surface area contributed by atoms with Gasteiger partial charge in [0.2, 0.25) is 0 Å². The van der Waals surface area contributed by atoms with Gasteiger partial charge in [-0.15, -0.1) is 0 Å². The number of imidazole rings is 1. The number of fused-ring (bicyclic) bond motifs is 1. The minimum absolute atomic E-state index is 0.198. The monoisotopic (exact) mass is 273 g/mol. The van der Waals surface area contributed by atoms with E-state index in [1.54, 1.807) is 10.6 Å². The van der Waals surface area contributed by atoms with Crippen LogP contribution in [0.3, 0.4) is 0 Å². The lowest BCUT2D eigenvalue weighted by molar-refractivity contribution is 0.0689. The van der Waals surface area contributed by atoms with Crippen molar-refractivity contribution in [3.05, 3.63) is 30.1 Å². The van der Waals surface area contributed by atoms with Crippen LogP contribution in [0.15, 0.2) is 24.4 Å². The Kier molecular flexibility index (Phi) is 2.92. The van der Waals surface area contributed by atoms with E-state index in [0.29, 0.717) is 11.5 Å². The van der Waals surface area contributed by atoms with Gasteiger partial charge in [0.25, 0.3) is 0 Å². The third-order valence-electron chi connectivity index (χ3n) is 3.91. The molecular weight excluding hydrogens is 254 g/mol. The van der Waals surface area contributed by atoms with Crippen molar-refractivity contribution in [3.8, 4) is 0 Å². The second-order valence-corrected chi connectivity index (χ2v) is 6.21. The van der Waals surface area contributed by atoms with Crippen LogP contribution in [-0.2, 0) is 0 Å². The molecule has 1 N–H and O–H groups in total. The predicted molar refractivity (Wildman–Crippen MR) is 77.4 cm³/mol. The summed E-state index contributed by atoms with van der Waals surface area (Å²) in [4.78, 5) is 18.3. The third kappa shape index (κ3) is 2.13. The highest BCUT2D eigenvalue weighted by molar-refractivity contribution is 5.93. The quantitative estimate of drug-likeness (QED) is 0.914. The number of aromatic carboxylic acids is 1. The average molecular weight is 273 g/mol. The summed E-state index contributed by atoms with van der Waals surface area (Å²) in [5.41, 5.74) is 1.14. The minimum Gasteiger partial charge on any atom is -0.476 e. The zero-order valence-electron chi connectivity index (χ0n) is 11.8. The lowest BCUT2D eigenvalue weighted by atomic mass is 9.84. The normalized spacial score (nSPS) is 18.4. The van der Waals surface area contributed by atoms with Crippen LogP contribution >= 0.6 is 0 Å². The molecule has 106 valence electrons. The Morgan fingerprint density at radius 2 is 2.20 bits per heavy atom. The van der Waals surface area contributed by atoms with Crippen molar-refractivity contribution in [1.29, 1.82) is 0 Å². The summed E-state index contributed by atoms with van der Waals surface area (Å²) >= 11 is 0. The minimum atomic E-state index is -0.929. The van der Waals surface area contributed by atoms with Crippen LogP contribution in [-0.4, -0.2) is 33.6 Å². The van der Waals surface area contributed by atoms with Gasteiger partial charge in [0.05, 0.1) is 0 Å². The van der Waals surface area contributed by atoms with Crippen molar-refractivity contribution in [2.24, 2.45) is 5.41 Å². The van der Waals surface area contributed by atoms with E-state index in [-0.39, 0.29) is 11.1 Å². The van der Waals surface area contributed by atoms with E-state index < -0.39 is 5.97 Å². The summed E-state index contributed by atoms with van der Waals surface area (Å²) < 4.78 is 1.65. The number of aromatic nitrogens is 2. The van der Waals surface area contributed by atoms with Gasteiger partial charge in [0.1, 0.15) is 5.65 Å². The first kappa shape index (κ1) is 13.0. The standard InChI is InChI=1S/C15H19N3O2/c1-15(2)7-5-8-17(10-15)13-12(14(19)20)18-9-4-3-6-11(18)16-13/h3-4,6,9H,5,7-8,10H2,1-2H3,(H,19,20). The first-order chi connectivity index (χ1) is 9.48. The van der Waals surface area contributed by atoms with Gasteiger partial charge in [0.15, 0.2) is 11.5 Å². The second-order valence-electron chi connectivity index (χ2n) is 6.21. The molecule has 1 fully saturated rings. The first-order valence-corrected chi connectivity index (χ1v) is 6.93. The molecule has 1 aliphatic heterocycles. The van der Waals surface area contributed by atoms with Gasteiger partial charge in [-0.3, -0.25) is 4.40 Å². The lowest BCUT2D eigenvalue weighted by Gasteiger charge is -2.38.